The van der Waals surface area contributed by atoms with Gasteiger partial charge in [-0.15, -0.1) is 0 Å². The zero-order valence-corrected chi connectivity index (χ0v) is 12.5. The molecule has 0 saturated heterocycles. The summed E-state index contributed by atoms with van der Waals surface area (Å²) in [5, 5.41) is 17.7. The summed E-state index contributed by atoms with van der Waals surface area (Å²) in [7, 11) is 0. The first kappa shape index (κ1) is 13.8. The van der Waals surface area contributed by atoms with Crippen LogP contribution < -0.4 is 10.6 Å². The zero-order chi connectivity index (χ0) is 15.0. The van der Waals surface area contributed by atoms with E-state index >= 15 is 0 Å². The number of aromatic amines is 1. The highest BCUT2D eigenvalue weighted by molar-refractivity contribution is 5.92. The lowest BCUT2D eigenvalue weighted by Crippen LogP contribution is -2.29. The molecule has 1 atom stereocenters. The number of carbonyl (C=O) groups excluding carboxylic acids is 1. The maximum Gasteiger partial charge on any atom is 0.272 e. The summed E-state index contributed by atoms with van der Waals surface area (Å²) in [4.78, 5) is 12.4. The van der Waals surface area contributed by atoms with Gasteiger partial charge in [-0.1, -0.05) is 0 Å². The molecule has 0 bridgehead atoms. The fourth-order valence-electron chi connectivity index (χ4n) is 2.84. The van der Waals surface area contributed by atoms with Gasteiger partial charge in [0, 0.05) is 24.3 Å². The molecule has 0 aliphatic carbocycles. The van der Waals surface area contributed by atoms with E-state index in [1.54, 1.807) is 0 Å². The van der Waals surface area contributed by atoms with Crippen molar-refractivity contribution in [3.8, 4) is 0 Å². The fraction of sp³-hybridized carbons (Fsp3) is 0.500. The van der Waals surface area contributed by atoms with Gasteiger partial charge in [0.15, 0.2) is 5.69 Å². The Morgan fingerprint density at radius 2 is 2.29 bits per heavy atom. The van der Waals surface area contributed by atoms with Crippen LogP contribution in [0.1, 0.15) is 46.1 Å². The molecule has 3 rings (SSSR count). The number of aryl methyl sites for hydroxylation is 2. The molecule has 2 aromatic heterocycles. The van der Waals surface area contributed by atoms with Gasteiger partial charge in [0.2, 0.25) is 0 Å². The van der Waals surface area contributed by atoms with E-state index in [2.05, 4.69) is 25.9 Å². The number of aromatic nitrogens is 4. The SMILES string of the molecule is Cc1n[nH]c(C)c1C(C)NC(=O)c1cc2n(n1)CCNC2. The van der Waals surface area contributed by atoms with E-state index in [4.69, 9.17) is 0 Å². The number of carbonyl (C=O) groups is 1. The van der Waals surface area contributed by atoms with Crippen molar-refractivity contribution in [3.05, 3.63) is 34.4 Å². The number of nitrogens with one attached hydrogen (secondary N) is 3. The number of hydrogen-bond donors (Lipinski definition) is 3. The molecular weight excluding hydrogens is 268 g/mol. The molecule has 0 saturated carbocycles. The standard InChI is InChI=1S/C14H20N6O/c1-8(13-9(2)17-18-10(13)3)16-14(21)12-6-11-7-15-4-5-20(11)19-12/h6,8,15H,4-5,7H2,1-3H3,(H,16,21)(H,17,18). The largest absolute Gasteiger partial charge is 0.344 e. The Kier molecular flexibility index (Phi) is 3.50. The Labute approximate surface area is 123 Å². The van der Waals surface area contributed by atoms with E-state index in [1.165, 1.54) is 0 Å². The van der Waals surface area contributed by atoms with Crippen LogP contribution in [0.4, 0.5) is 0 Å². The highest BCUT2D eigenvalue weighted by atomic mass is 16.2. The average molecular weight is 288 g/mol. The van der Waals surface area contributed by atoms with Crippen LogP contribution in [-0.2, 0) is 13.1 Å². The van der Waals surface area contributed by atoms with E-state index in [9.17, 15) is 4.79 Å². The molecule has 1 aliphatic heterocycles. The predicted octanol–water partition coefficient (Wildman–Crippen LogP) is 0.817. The monoisotopic (exact) mass is 288 g/mol. The molecule has 1 aliphatic rings. The van der Waals surface area contributed by atoms with Gasteiger partial charge in [0.25, 0.3) is 5.91 Å². The first-order valence-corrected chi connectivity index (χ1v) is 7.16. The number of H-pyrrole nitrogens is 1. The first-order valence-electron chi connectivity index (χ1n) is 7.16. The molecule has 3 N–H and O–H groups in total. The predicted molar refractivity (Wildman–Crippen MR) is 77.9 cm³/mol. The summed E-state index contributed by atoms with van der Waals surface area (Å²) in [5.41, 5.74) is 4.45. The van der Waals surface area contributed by atoms with Crippen molar-refractivity contribution in [3.63, 3.8) is 0 Å². The molecular formula is C14H20N6O. The van der Waals surface area contributed by atoms with Crippen molar-refractivity contribution in [2.45, 2.75) is 39.9 Å². The van der Waals surface area contributed by atoms with E-state index in [0.717, 1.165) is 42.3 Å². The lowest BCUT2D eigenvalue weighted by molar-refractivity contribution is 0.0934. The topological polar surface area (TPSA) is 87.6 Å². The molecule has 1 amide bonds. The normalized spacial score (nSPS) is 15.6. The lowest BCUT2D eigenvalue weighted by atomic mass is 10.1. The summed E-state index contributed by atoms with van der Waals surface area (Å²) in [5.74, 6) is -0.149. The van der Waals surface area contributed by atoms with Crippen molar-refractivity contribution < 1.29 is 4.79 Å². The van der Waals surface area contributed by atoms with Crippen LogP contribution in [0.25, 0.3) is 0 Å². The van der Waals surface area contributed by atoms with Gasteiger partial charge >= 0.3 is 0 Å². The molecule has 0 fully saturated rings. The second-order valence-electron chi connectivity index (χ2n) is 5.46. The molecule has 3 heterocycles. The number of hydrogen-bond acceptors (Lipinski definition) is 4. The van der Waals surface area contributed by atoms with Crippen LogP contribution in [0.5, 0.6) is 0 Å². The molecule has 0 aromatic carbocycles. The van der Waals surface area contributed by atoms with Gasteiger partial charge < -0.3 is 10.6 Å². The van der Waals surface area contributed by atoms with Gasteiger partial charge in [0.1, 0.15) is 0 Å². The van der Waals surface area contributed by atoms with Crippen LogP contribution in [0.2, 0.25) is 0 Å². The zero-order valence-electron chi connectivity index (χ0n) is 12.5. The van der Waals surface area contributed by atoms with Crippen molar-refractivity contribution in [1.29, 1.82) is 0 Å². The highest BCUT2D eigenvalue weighted by Crippen LogP contribution is 2.19. The molecule has 1 unspecified atom stereocenters. The van der Waals surface area contributed by atoms with Gasteiger partial charge in [-0.3, -0.25) is 14.6 Å². The highest BCUT2D eigenvalue weighted by Gasteiger charge is 2.20. The van der Waals surface area contributed by atoms with E-state index in [1.807, 2.05) is 31.5 Å². The van der Waals surface area contributed by atoms with E-state index in [-0.39, 0.29) is 11.9 Å². The molecule has 112 valence electrons. The molecule has 2 aromatic rings. The molecule has 0 spiro atoms. The lowest BCUT2D eigenvalue weighted by Gasteiger charge is -2.14. The Bertz CT molecular complexity index is 628. The second-order valence-corrected chi connectivity index (χ2v) is 5.46. The summed E-state index contributed by atoms with van der Waals surface area (Å²) in [6.07, 6.45) is 0. The molecule has 0 radical (unpaired) electrons. The van der Waals surface area contributed by atoms with Crippen LogP contribution in [0.15, 0.2) is 6.07 Å². The molecule has 7 nitrogen and oxygen atoms in total. The Morgan fingerprint density at radius 3 is 2.95 bits per heavy atom. The summed E-state index contributed by atoms with van der Waals surface area (Å²) < 4.78 is 1.89. The number of rotatable bonds is 3. The molecule has 7 heteroatoms. The minimum Gasteiger partial charge on any atom is -0.344 e. The smallest absolute Gasteiger partial charge is 0.272 e. The third-order valence-electron chi connectivity index (χ3n) is 3.87. The van der Waals surface area contributed by atoms with E-state index in [0.29, 0.717) is 5.69 Å². The van der Waals surface area contributed by atoms with Gasteiger partial charge in [-0.05, 0) is 26.8 Å². The Hall–Kier alpha value is -2.15. The number of fused-ring (bicyclic) bond motifs is 1. The van der Waals surface area contributed by atoms with Gasteiger partial charge in [0.05, 0.1) is 24.0 Å². The summed E-state index contributed by atoms with van der Waals surface area (Å²) >= 11 is 0. The quantitative estimate of drug-likeness (QED) is 0.780. The Morgan fingerprint density at radius 1 is 1.48 bits per heavy atom. The average Bonchev–Trinajstić information content (AvgIpc) is 3.02. The van der Waals surface area contributed by atoms with Crippen LogP contribution in [0, 0.1) is 13.8 Å². The van der Waals surface area contributed by atoms with Crippen molar-refractivity contribution in [2.75, 3.05) is 6.54 Å². The summed E-state index contributed by atoms with van der Waals surface area (Å²) in [6, 6.07) is 1.75. The maximum absolute atomic E-state index is 12.4. The van der Waals surface area contributed by atoms with Crippen LogP contribution in [0.3, 0.4) is 0 Å². The minimum atomic E-state index is -0.149. The number of nitrogens with zero attached hydrogens (tertiary/aromatic N) is 3. The third-order valence-corrected chi connectivity index (χ3v) is 3.87. The number of amides is 1. The second kappa shape index (κ2) is 5.33. The first-order chi connectivity index (χ1) is 10.1. The van der Waals surface area contributed by atoms with E-state index < -0.39 is 0 Å². The van der Waals surface area contributed by atoms with Gasteiger partial charge in [-0.25, -0.2) is 0 Å². The van der Waals surface area contributed by atoms with Crippen molar-refractivity contribution >= 4 is 5.91 Å². The van der Waals surface area contributed by atoms with Crippen molar-refractivity contribution in [1.82, 2.24) is 30.6 Å². The van der Waals surface area contributed by atoms with Gasteiger partial charge in [-0.2, -0.15) is 10.2 Å². The fourth-order valence-corrected chi connectivity index (χ4v) is 2.84. The minimum absolute atomic E-state index is 0.104. The molecule has 21 heavy (non-hydrogen) atoms. The van der Waals surface area contributed by atoms with Crippen LogP contribution >= 0.6 is 0 Å². The van der Waals surface area contributed by atoms with Crippen LogP contribution in [-0.4, -0.2) is 32.4 Å². The maximum atomic E-state index is 12.4. The van der Waals surface area contributed by atoms with Crippen molar-refractivity contribution in [2.24, 2.45) is 0 Å². The Balaban J connectivity index is 1.75. The third kappa shape index (κ3) is 2.56. The summed E-state index contributed by atoms with van der Waals surface area (Å²) in [6.45, 7) is 8.30.